The van der Waals surface area contributed by atoms with Gasteiger partial charge in [0.05, 0.1) is 46.5 Å². The van der Waals surface area contributed by atoms with Gasteiger partial charge in [-0.1, -0.05) is 97.1 Å². The number of hydrogen-bond donors (Lipinski definition) is 3. The summed E-state index contributed by atoms with van der Waals surface area (Å²) in [6.45, 7) is 1.59. The van der Waals surface area contributed by atoms with Gasteiger partial charge in [0.15, 0.2) is 59.0 Å². The lowest BCUT2D eigenvalue weighted by atomic mass is 9.80. The van der Waals surface area contributed by atoms with E-state index < -0.39 is 108 Å². The Kier molecular flexibility index (Phi) is 18.3. The third-order valence-electron chi connectivity index (χ3n) is 13.5. The highest BCUT2D eigenvalue weighted by Crippen LogP contribution is 2.50. The van der Waals surface area contributed by atoms with Crippen LogP contribution >= 0.6 is 16.9 Å². The minimum absolute atomic E-state index is 0.0264. The second-order valence-electron chi connectivity index (χ2n) is 19.0. The van der Waals surface area contributed by atoms with E-state index in [9.17, 15) is 29.1 Å². The van der Waals surface area contributed by atoms with Gasteiger partial charge in [0.1, 0.15) is 41.7 Å². The van der Waals surface area contributed by atoms with Gasteiger partial charge >= 0.3 is 16.9 Å². The molecule has 2 fully saturated rings. The van der Waals surface area contributed by atoms with Gasteiger partial charge in [0.25, 0.3) is 11.5 Å². The predicted molar refractivity (Wildman–Crippen MR) is 289 cm³/mol. The van der Waals surface area contributed by atoms with Crippen LogP contribution in [0.1, 0.15) is 59.8 Å². The van der Waals surface area contributed by atoms with Crippen LogP contribution in [0, 0.1) is 17.2 Å². The molecule has 0 aliphatic carbocycles. The molecule has 8 aromatic rings. The molecule has 3 N–H and O–H groups in total. The van der Waals surface area contributed by atoms with E-state index in [1.807, 2.05) is 60.7 Å². The van der Waals surface area contributed by atoms with Crippen molar-refractivity contribution in [1.82, 2.24) is 49.9 Å². The topological polar surface area (TPSA) is 338 Å². The van der Waals surface area contributed by atoms with E-state index in [2.05, 4.69) is 51.2 Å². The van der Waals surface area contributed by atoms with E-state index in [-0.39, 0.29) is 47.1 Å². The van der Waals surface area contributed by atoms with Gasteiger partial charge in [0.2, 0.25) is 11.9 Å². The Bertz CT molecular complexity index is 3670. The Morgan fingerprint density at radius 2 is 1.42 bits per heavy atom. The SMILES string of the molecule is COc1ccc(C(OC[C@H]2O[C@@H](n3nnc4c(NC(=O)c5ccccc5)ncnc43)[C@@H](F)[C@@H]2OP(OCCC#N)OC[C@H]2O[C@@H](n3nnc4c(=O)[nH]c(NC(=O)C(C)C)nc43)[C@@H](O[P+](=O)[O-])[C@@H]2F)(c2ccccc2)c2ccc(OC)cc2)cc1. The average Bonchev–Trinajstić information content (AvgIpc) is 2.91. The van der Waals surface area contributed by atoms with Crippen molar-refractivity contribution >= 4 is 62.8 Å². The molecule has 27 nitrogen and oxygen atoms in total. The number of benzene rings is 4. The van der Waals surface area contributed by atoms with Crippen LogP contribution in [0.25, 0.3) is 22.3 Å². The van der Waals surface area contributed by atoms with Gasteiger partial charge < -0.3 is 47.5 Å². The molecule has 2 amide bonds. The summed E-state index contributed by atoms with van der Waals surface area (Å²) in [6.07, 6.45) is -14.0. The van der Waals surface area contributed by atoms with E-state index in [0.717, 1.165) is 15.7 Å². The number of carbonyl (C=O) groups is 2. The average molecular weight is 1190 g/mol. The molecular weight excluding hydrogens is 1140 g/mol. The van der Waals surface area contributed by atoms with Gasteiger partial charge in [-0.2, -0.15) is 19.6 Å². The highest BCUT2D eigenvalue weighted by Gasteiger charge is 2.54. The fraction of sp³-hybridized carbons (Fsp3) is 0.340. The summed E-state index contributed by atoms with van der Waals surface area (Å²) in [5.74, 6) is -0.848. The number of methoxy groups -OCH3 is 2. The van der Waals surface area contributed by atoms with Crippen molar-refractivity contribution in [2.75, 3.05) is 44.7 Å². The molecule has 0 radical (unpaired) electrons. The molecule has 84 heavy (non-hydrogen) atoms. The molecule has 10 rings (SSSR count). The highest BCUT2D eigenvalue weighted by atomic mass is 31.2. The molecule has 4 aromatic heterocycles. The fourth-order valence-electron chi connectivity index (χ4n) is 9.30. The molecule has 2 aliphatic heterocycles. The fourth-order valence-corrected chi connectivity index (χ4v) is 10.9. The summed E-state index contributed by atoms with van der Waals surface area (Å²) < 4.78 is 103. The predicted octanol–water partition coefficient (Wildman–Crippen LogP) is 6.06. The van der Waals surface area contributed by atoms with Crippen LogP contribution in [-0.2, 0) is 47.3 Å². The maximum atomic E-state index is 18.0. The molecule has 0 spiro atoms. The van der Waals surface area contributed by atoms with E-state index in [0.29, 0.717) is 33.8 Å². The molecule has 436 valence electrons. The highest BCUT2D eigenvalue weighted by molar-refractivity contribution is 7.41. The molecule has 4 aromatic carbocycles. The monoisotopic (exact) mass is 1190 g/mol. The number of aromatic nitrogens is 10. The van der Waals surface area contributed by atoms with Crippen LogP contribution in [0.4, 0.5) is 20.5 Å². The minimum Gasteiger partial charge on any atom is -0.566 e. The van der Waals surface area contributed by atoms with Crippen molar-refractivity contribution in [2.45, 2.75) is 75.1 Å². The smallest absolute Gasteiger partial charge is 0.489 e. The lowest BCUT2D eigenvalue weighted by Gasteiger charge is -2.37. The van der Waals surface area contributed by atoms with E-state index in [1.165, 1.54) is 14.2 Å². The summed E-state index contributed by atoms with van der Waals surface area (Å²) in [7, 11) is -3.55. The number of amides is 2. The van der Waals surface area contributed by atoms with Crippen molar-refractivity contribution in [2.24, 2.45) is 5.92 Å². The zero-order chi connectivity index (χ0) is 59.1. The molecular formula is C53H51F2N13O14P2. The number of aromatic amines is 1. The van der Waals surface area contributed by atoms with Crippen molar-refractivity contribution in [1.29, 1.82) is 5.26 Å². The van der Waals surface area contributed by atoms with Gasteiger partial charge in [-0.3, -0.25) is 24.7 Å². The number of alkyl halides is 2. The number of rotatable bonds is 24. The third-order valence-corrected chi connectivity index (χ3v) is 15.0. The summed E-state index contributed by atoms with van der Waals surface area (Å²) in [4.78, 5) is 66.1. The van der Waals surface area contributed by atoms with Gasteiger partial charge in [-0.25, -0.2) is 18.7 Å². The molecule has 0 saturated carbocycles. The first-order valence-electron chi connectivity index (χ1n) is 25.8. The third kappa shape index (κ3) is 12.4. The van der Waals surface area contributed by atoms with E-state index in [1.54, 1.807) is 68.4 Å². The van der Waals surface area contributed by atoms with Gasteiger partial charge in [-0.15, -0.1) is 14.7 Å². The number of carbonyl (C=O) groups excluding carboxylic acids is 2. The standard InChI is InChI=1S/C53H51F2N13O14P2/c1-29(2)47(69)61-52-60-46-41(49(71)62-52)64-66-68(46)51-43(81-83(72)73)38(54)36(79-51)27-78-84(77-25-11-24-56)82-42-37(80-50(39(42)55)67-45-40(63-65-67)44(57-28-58-45)59-48(70)30-12-7-5-8-13-30)26-76-53(31-14-9-6-10-15-31,32-16-20-34(74-3)21-17-32)33-18-22-35(75-4)23-19-33/h5-10,12-23,28-29,36-39,42-43,50-51H,11,25-27H2,1-4H3,(H,57,58,59,70)(H2,60,61,62,69,71)/t36-,37-,38-,39+,42-,43+,50-,51-,84?/m1/s1. The van der Waals surface area contributed by atoms with Crippen molar-refractivity contribution in [3.8, 4) is 17.6 Å². The van der Waals surface area contributed by atoms with Gasteiger partial charge in [0, 0.05) is 11.5 Å². The van der Waals surface area contributed by atoms with Crippen molar-refractivity contribution in [3.63, 3.8) is 0 Å². The molecule has 2 saturated heterocycles. The minimum atomic E-state index is -3.76. The lowest BCUT2D eigenvalue weighted by Crippen LogP contribution is -2.40. The Morgan fingerprint density at radius 3 is 2.05 bits per heavy atom. The largest absolute Gasteiger partial charge is 0.566 e. The molecule has 0 bridgehead atoms. The van der Waals surface area contributed by atoms with Crippen LogP contribution < -0.4 is 30.6 Å². The number of ether oxygens (including phenoxy) is 5. The maximum absolute atomic E-state index is 18.0. The number of H-pyrrole nitrogens is 1. The van der Waals surface area contributed by atoms with Crippen LogP contribution in [0.15, 0.2) is 120 Å². The van der Waals surface area contributed by atoms with Crippen molar-refractivity contribution < 1.29 is 69.6 Å². The summed E-state index contributed by atoms with van der Waals surface area (Å²) in [5.41, 5.74) is -0.981. The quantitative estimate of drug-likeness (QED) is 0.0352. The first-order valence-corrected chi connectivity index (χ1v) is 28.0. The van der Waals surface area contributed by atoms with Crippen LogP contribution in [0.5, 0.6) is 11.5 Å². The molecule has 2 aliphatic rings. The lowest BCUT2D eigenvalue weighted by molar-refractivity contribution is -0.194. The number of nitrogens with zero attached hydrogens (tertiary/aromatic N) is 10. The van der Waals surface area contributed by atoms with E-state index >= 15 is 8.78 Å². The van der Waals surface area contributed by atoms with Crippen molar-refractivity contribution in [3.05, 3.63) is 148 Å². The summed E-state index contributed by atoms with van der Waals surface area (Å²) in [6, 6.07) is 33.7. The van der Waals surface area contributed by atoms with E-state index in [4.69, 9.17) is 41.8 Å². The number of anilines is 2. The zero-order valence-corrected chi connectivity index (χ0v) is 46.6. The van der Waals surface area contributed by atoms with Crippen LogP contribution in [0.2, 0.25) is 0 Å². The first kappa shape index (κ1) is 58.9. The zero-order valence-electron chi connectivity index (χ0n) is 44.8. The van der Waals surface area contributed by atoms with Crippen LogP contribution in [0.3, 0.4) is 0 Å². The number of nitrogens with one attached hydrogen (secondary N) is 3. The van der Waals surface area contributed by atoms with Gasteiger partial charge in [-0.05, 0) is 57.7 Å². The second-order valence-corrected chi connectivity index (χ2v) is 20.8. The second kappa shape index (κ2) is 26.1. The number of hydrogen-bond acceptors (Lipinski definition) is 22. The first-order chi connectivity index (χ1) is 40.7. The maximum Gasteiger partial charge on any atom is 0.489 e. The molecule has 31 heteroatoms. The van der Waals surface area contributed by atoms with Crippen LogP contribution in [-0.4, -0.2) is 133 Å². The normalized spacial score (nSPS) is 21.1. The Balaban J connectivity index is 0.995. The Hall–Kier alpha value is -8.26. The molecule has 6 heterocycles. The molecule has 2 unspecified atom stereocenters. The summed E-state index contributed by atoms with van der Waals surface area (Å²) in [5, 5.41) is 30.9. The summed E-state index contributed by atoms with van der Waals surface area (Å²) >= 11 is 0. The Morgan fingerprint density at radius 1 is 0.798 bits per heavy atom. The number of fused-ring (bicyclic) bond motifs is 2. The molecule has 10 atom stereocenters. The number of nitriles is 1. The number of halogens is 2. The Labute approximate surface area is 477 Å².